The van der Waals surface area contributed by atoms with Crippen molar-refractivity contribution in [2.45, 2.75) is 71.0 Å². The van der Waals surface area contributed by atoms with Gasteiger partial charge >= 0.3 is 0 Å². The van der Waals surface area contributed by atoms with Gasteiger partial charge in [0.2, 0.25) is 17.7 Å². The lowest BCUT2D eigenvalue weighted by atomic mass is 10.0. The van der Waals surface area contributed by atoms with Crippen LogP contribution in [-0.4, -0.2) is 59.6 Å². The topological polar surface area (TPSA) is 125 Å². The van der Waals surface area contributed by atoms with Gasteiger partial charge in [0.1, 0.15) is 12.1 Å². The molecule has 0 saturated carbocycles. The molecule has 1 heterocycles. The minimum absolute atomic E-state index is 0.0384. The number of benzene rings is 2. The van der Waals surface area contributed by atoms with E-state index in [-0.39, 0.29) is 42.4 Å². The summed E-state index contributed by atoms with van der Waals surface area (Å²) >= 11 is 0. The van der Waals surface area contributed by atoms with Crippen LogP contribution in [0.2, 0.25) is 0 Å². The number of amides is 5. The number of nitrogens with one attached hydrogen (secondary N) is 3. The Morgan fingerprint density at radius 3 is 1.95 bits per heavy atom. The molecule has 3 rings (SSSR count). The number of likely N-dealkylation sites (N-methyl/N-ethyl adjacent to an activating group) is 1. The van der Waals surface area contributed by atoms with Crippen LogP contribution in [0.5, 0.6) is 0 Å². The summed E-state index contributed by atoms with van der Waals surface area (Å²) in [6.45, 7) is 5.76. The first-order valence-electron chi connectivity index (χ1n) is 13.5. The van der Waals surface area contributed by atoms with Gasteiger partial charge in [-0.15, -0.1) is 0 Å². The molecule has 1 aliphatic rings. The lowest BCUT2D eigenvalue weighted by molar-refractivity contribution is -0.132. The molecular weight excluding hydrogens is 496 g/mol. The molecule has 0 saturated heterocycles. The zero-order chi connectivity index (χ0) is 28.5. The standard InChI is InChI=1S/C30H38N4O5/c1-5-21(34-29(38)22-13-9-10-14-23(22)30(34)39)15-16-26(35)32-24(17-19(2)3)28(37)33-25(27(36)31-4)18-20-11-7-6-8-12-20/h6-14,19,21,24-25H,5,15-18H2,1-4H3,(H,31,36)(H,32,35)(H,33,37)/t21?,24-,25-/m0/s1. The number of imide groups is 1. The molecule has 9 nitrogen and oxygen atoms in total. The molecule has 0 aliphatic carbocycles. The van der Waals surface area contributed by atoms with E-state index in [9.17, 15) is 24.0 Å². The second kappa shape index (κ2) is 13.7. The van der Waals surface area contributed by atoms with Gasteiger partial charge < -0.3 is 16.0 Å². The predicted octanol–water partition coefficient (Wildman–Crippen LogP) is 2.85. The largest absolute Gasteiger partial charge is 0.357 e. The van der Waals surface area contributed by atoms with E-state index in [1.807, 2.05) is 51.1 Å². The summed E-state index contributed by atoms with van der Waals surface area (Å²) in [6.07, 6.45) is 1.52. The molecule has 9 heteroatoms. The summed E-state index contributed by atoms with van der Waals surface area (Å²) in [6, 6.07) is 14.0. The molecule has 0 radical (unpaired) electrons. The maximum atomic E-state index is 13.2. The van der Waals surface area contributed by atoms with Crippen molar-refractivity contribution in [2.75, 3.05) is 7.05 Å². The lowest BCUT2D eigenvalue weighted by Gasteiger charge is -2.26. The van der Waals surface area contributed by atoms with Gasteiger partial charge in [0.05, 0.1) is 11.1 Å². The van der Waals surface area contributed by atoms with Crippen LogP contribution in [0.3, 0.4) is 0 Å². The molecule has 1 aliphatic heterocycles. The highest BCUT2D eigenvalue weighted by molar-refractivity contribution is 6.21. The Morgan fingerprint density at radius 2 is 1.41 bits per heavy atom. The number of carbonyl (C=O) groups excluding carboxylic acids is 5. The highest BCUT2D eigenvalue weighted by Crippen LogP contribution is 2.27. The molecular formula is C30H38N4O5. The van der Waals surface area contributed by atoms with E-state index in [0.29, 0.717) is 30.4 Å². The van der Waals surface area contributed by atoms with E-state index < -0.39 is 24.0 Å². The third-order valence-corrected chi connectivity index (χ3v) is 6.89. The zero-order valence-corrected chi connectivity index (χ0v) is 23.0. The normalized spacial score (nSPS) is 14.9. The molecule has 2 aromatic carbocycles. The van der Waals surface area contributed by atoms with Crippen molar-refractivity contribution in [1.82, 2.24) is 20.9 Å². The Labute approximate surface area is 229 Å². The molecule has 3 atom stereocenters. The van der Waals surface area contributed by atoms with Crippen LogP contribution in [0, 0.1) is 5.92 Å². The highest BCUT2D eigenvalue weighted by atomic mass is 16.2. The molecule has 39 heavy (non-hydrogen) atoms. The predicted molar refractivity (Wildman–Crippen MR) is 148 cm³/mol. The summed E-state index contributed by atoms with van der Waals surface area (Å²) < 4.78 is 0. The minimum atomic E-state index is -0.834. The first-order valence-corrected chi connectivity index (χ1v) is 13.5. The number of hydrogen-bond acceptors (Lipinski definition) is 5. The summed E-state index contributed by atoms with van der Waals surface area (Å²) in [5.74, 6) is -1.71. The van der Waals surface area contributed by atoms with Gasteiger partial charge in [-0.1, -0.05) is 63.2 Å². The monoisotopic (exact) mass is 534 g/mol. The summed E-state index contributed by atoms with van der Waals surface area (Å²) in [4.78, 5) is 65.7. The van der Waals surface area contributed by atoms with Gasteiger partial charge in [-0.05, 0) is 42.9 Å². The van der Waals surface area contributed by atoms with Gasteiger partial charge in [-0.3, -0.25) is 28.9 Å². The maximum Gasteiger partial charge on any atom is 0.261 e. The molecule has 1 unspecified atom stereocenters. The molecule has 3 N–H and O–H groups in total. The fourth-order valence-corrected chi connectivity index (χ4v) is 4.83. The van der Waals surface area contributed by atoms with Crippen LogP contribution < -0.4 is 16.0 Å². The van der Waals surface area contributed by atoms with Crippen LogP contribution in [0.15, 0.2) is 54.6 Å². The third-order valence-electron chi connectivity index (χ3n) is 6.89. The summed E-state index contributed by atoms with van der Waals surface area (Å²) in [7, 11) is 1.51. The quantitative estimate of drug-likeness (QED) is 0.341. The molecule has 0 spiro atoms. The van der Waals surface area contributed by atoms with Crippen molar-refractivity contribution in [3.63, 3.8) is 0 Å². The van der Waals surface area contributed by atoms with Gasteiger partial charge in [0.15, 0.2) is 0 Å². The lowest BCUT2D eigenvalue weighted by Crippen LogP contribution is -2.54. The van der Waals surface area contributed by atoms with Gasteiger partial charge in [0.25, 0.3) is 11.8 Å². The first-order chi connectivity index (χ1) is 18.7. The SMILES string of the molecule is CCC(CCC(=O)N[C@@H](CC(C)C)C(=O)N[C@@H](Cc1ccccc1)C(=O)NC)N1C(=O)c2ccccc2C1=O. The smallest absolute Gasteiger partial charge is 0.261 e. The molecule has 5 amide bonds. The van der Waals surface area contributed by atoms with Gasteiger partial charge in [-0.2, -0.15) is 0 Å². The van der Waals surface area contributed by atoms with E-state index in [1.54, 1.807) is 24.3 Å². The molecule has 0 aromatic heterocycles. The van der Waals surface area contributed by atoms with Crippen LogP contribution >= 0.6 is 0 Å². The van der Waals surface area contributed by atoms with Crippen LogP contribution in [-0.2, 0) is 20.8 Å². The van der Waals surface area contributed by atoms with Gasteiger partial charge in [0, 0.05) is 25.9 Å². The molecule has 0 fully saturated rings. The molecule has 0 bridgehead atoms. The summed E-state index contributed by atoms with van der Waals surface area (Å²) in [5, 5.41) is 8.21. The van der Waals surface area contributed by atoms with Gasteiger partial charge in [-0.25, -0.2) is 0 Å². The molecule has 2 aromatic rings. The van der Waals surface area contributed by atoms with Crippen LogP contribution in [0.25, 0.3) is 0 Å². The number of fused-ring (bicyclic) bond motifs is 1. The van der Waals surface area contributed by atoms with E-state index in [0.717, 1.165) is 5.56 Å². The van der Waals surface area contributed by atoms with Crippen LogP contribution in [0.1, 0.15) is 72.7 Å². The molecule has 208 valence electrons. The van der Waals surface area contributed by atoms with E-state index in [4.69, 9.17) is 0 Å². The van der Waals surface area contributed by atoms with Crippen molar-refractivity contribution in [3.05, 3.63) is 71.3 Å². The Morgan fingerprint density at radius 1 is 0.821 bits per heavy atom. The van der Waals surface area contributed by atoms with E-state index in [1.165, 1.54) is 11.9 Å². The summed E-state index contributed by atoms with van der Waals surface area (Å²) in [5.41, 5.74) is 1.65. The highest BCUT2D eigenvalue weighted by Gasteiger charge is 2.39. The third kappa shape index (κ3) is 7.52. The fourth-order valence-electron chi connectivity index (χ4n) is 4.83. The Hall–Kier alpha value is -4.01. The van der Waals surface area contributed by atoms with Crippen LogP contribution in [0.4, 0.5) is 0 Å². The second-order valence-electron chi connectivity index (χ2n) is 10.2. The first kappa shape index (κ1) is 29.5. The average Bonchev–Trinajstić information content (AvgIpc) is 3.18. The fraction of sp³-hybridized carbons (Fsp3) is 0.433. The Balaban J connectivity index is 1.64. The van der Waals surface area contributed by atoms with E-state index in [2.05, 4.69) is 16.0 Å². The zero-order valence-electron chi connectivity index (χ0n) is 23.0. The number of nitrogens with zero attached hydrogens (tertiary/aromatic N) is 1. The van der Waals surface area contributed by atoms with Crippen molar-refractivity contribution in [1.29, 1.82) is 0 Å². The average molecular weight is 535 g/mol. The van der Waals surface area contributed by atoms with Crippen molar-refractivity contribution >= 4 is 29.5 Å². The Bertz CT molecular complexity index is 1160. The van der Waals surface area contributed by atoms with Crippen molar-refractivity contribution in [2.24, 2.45) is 5.92 Å². The minimum Gasteiger partial charge on any atom is -0.357 e. The van der Waals surface area contributed by atoms with Crippen molar-refractivity contribution < 1.29 is 24.0 Å². The second-order valence-corrected chi connectivity index (χ2v) is 10.2. The van der Waals surface area contributed by atoms with Crippen molar-refractivity contribution in [3.8, 4) is 0 Å². The number of carbonyl (C=O) groups is 5. The van der Waals surface area contributed by atoms with E-state index >= 15 is 0 Å². The number of hydrogen-bond donors (Lipinski definition) is 3. The Kier molecular flexibility index (Phi) is 10.4. The maximum absolute atomic E-state index is 13.2. The number of rotatable bonds is 13.